The van der Waals surface area contributed by atoms with Gasteiger partial charge in [0.1, 0.15) is 17.2 Å². The molecule has 149 valence electrons. The number of imide groups is 1. The highest BCUT2D eigenvalue weighted by Crippen LogP contribution is 2.20. The molecule has 0 bridgehead atoms. The van der Waals surface area contributed by atoms with Crippen LogP contribution in [0.2, 0.25) is 0 Å². The average Bonchev–Trinajstić information content (AvgIpc) is 2.51. The quantitative estimate of drug-likeness (QED) is 0.586. The second-order valence-corrected chi connectivity index (χ2v) is 7.98. The lowest BCUT2D eigenvalue weighted by Crippen LogP contribution is -2.53. The lowest BCUT2D eigenvalue weighted by atomic mass is 10.1. The Balaban J connectivity index is 3.29. The Labute approximate surface area is 160 Å². The van der Waals surface area contributed by atoms with Gasteiger partial charge in [-0.2, -0.15) is 4.90 Å². The number of hydrogen-bond acceptors (Lipinski definition) is 6. The van der Waals surface area contributed by atoms with Crippen LogP contribution in [0.4, 0.5) is 9.59 Å². The Morgan fingerprint density at radius 1 is 0.963 bits per heavy atom. The summed E-state index contributed by atoms with van der Waals surface area (Å²) in [5, 5.41) is 0. The van der Waals surface area contributed by atoms with Crippen molar-refractivity contribution in [2.45, 2.75) is 65.2 Å². The molecule has 27 heavy (non-hydrogen) atoms. The summed E-state index contributed by atoms with van der Waals surface area (Å²) in [6.45, 7) is 9.99. The zero-order valence-corrected chi connectivity index (χ0v) is 17.0. The molecule has 0 saturated heterocycles. The molecule has 1 atom stereocenters. The molecule has 7 nitrogen and oxygen atoms in total. The van der Waals surface area contributed by atoms with E-state index in [2.05, 4.69) is 6.07 Å². The van der Waals surface area contributed by atoms with Crippen LogP contribution in [0.3, 0.4) is 0 Å². The number of nitrogens with zero attached hydrogens (tertiary/aromatic N) is 1. The molecule has 1 radical (unpaired) electrons. The van der Waals surface area contributed by atoms with Gasteiger partial charge in [-0.1, -0.05) is 24.3 Å². The molecule has 0 saturated carbocycles. The van der Waals surface area contributed by atoms with Crippen LogP contribution in [0, 0.1) is 6.07 Å². The van der Waals surface area contributed by atoms with E-state index in [1.165, 1.54) is 7.11 Å². The van der Waals surface area contributed by atoms with Crippen LogP contribution in [0.1, 0.15) is 47.1 Å². The molecular weight excluding hydrogens is 350 g/mol. The van der Waals surface area contributed by atoms with Crippen molar-refractivity contribution in [3.63, 3.8) is 0 Å². The maximum atomic E-state index is 12.7. The number of ether oxygens (including phenoxy) is 3. The van der Waals surface area contributed by atoms with Gasteiger partial charge in [0.15, 0.2) is 0 Å². The van der Waals surface area contributed by atoms with Gasteiger partial charge in [-0.05, 0) is 53.2 Å². The molecule has 0 aliphatic rings. The predicted octanol–water partition coefficient (Wildman–Crippen LogP) is 3.74. The number of carbonyl (C=O) groups is 3. The third kappa shape index (κ3) is 7.68. The van der Waals surface area contributed by atoms with E-state index in [1.807, 2.05) is 0 Å². The van der Waals surface area contributed by atoms with E-state index >= 15 is 0 Å². The summed E-state index contributed by atoms with van der Waals surface area (Å²) < 4.78 is 15.5. The summed E-state index contributed by atoms with van der Waals surface area (Å²) in [5.41, 5.74) is -0.999. The minimum atomic E-state index is -1.23. The maximum Gasteiger partial charge on any atom is 0.420 e. The zero-order chi connectivity index (χ0) is 20.8. The van der Waals surface area contributed by atoms with Gasteiger partial charge in [0.05, 0.1) is 7.11 Å². The van der Waals surface area contributed by atoms with Crippen LogP contribution in [-0.2, 0) is 25.4 Å². The van der Waals surface area contributed by atoms with Gasteiger partial charge in [-0.25, -0.2) is 14.4 Å². The van der Waals surface area contributed by atoms with Crippen molar-refractivity contribution in [3.05, 3.63) is 35.9 Å². The molecule has 2 amide bonds. The fraction of sp³-hybridized carbons (Fsp3) is 0.550. The molecule has 0 aliphatic heterocycles. The first-order valence-electron chi connectivity index (χ1n) is 8.62. The van der Waals surface area contributed by atoms with Gasteiger partial charge in [0.25, 0.3) is 0 Å². The van der Waals surface area contributed by atoms with E-state index in [0.29, 0.717) is 4.90 Å². The SMILES string of the molecule is COC(=O)[C@H](Cc1cc[c]cc1)N(C(=O)OC(C)(C)C)C(=O)OC(C)(C)C. The van der Waals surface area contributed by atoms with Crippen LogP contribution < -0.4 is 0 Å². The summed E-state index contributed by atoms with van der Waals surface area (Å²) in [6, 6.07) is 8.46. The van der Waals surface area contributed by atoms with Gasteiger partial charge >= 0.3 is 18.2 Å². The number of esters is 1. The first-order valence-corrected chi connectivity index (χ1v) is 8.62. The average molecular weight is 378 g/mol. The van der Waals surface area contributed by atoms with Crippen LogP contribution >= 0.6 is 0 Å². The van der Waals surface area contributed by atoms with Gasteiger partial charge in [-0.3, -0.25) is 0 Å². The third-order valence-corrected chi connectivity index (χ3v) is 3.18. The highest BCUT2D eigenvalue weighted by molar-refractivity contribution is 5.94. The van der Waals surface area contributed by atoms with E-state index in [1.54, 1.807) is 65.8 Å². The van der Waals surface area contributed by atoms with Crippen molar-refractivity contribution in [2.24, 2.45) is 0 Å². The zero-order valence-electron chi connectivity index (χ0n) is 17.0. The van der Waals surface area contributed by atoms with Crippen molar-refractivity contribution in [1.82, 2.24) is 4.90 Å². The van der Waals surface area contributed by atoms with Crippen LogP contribution in [-0.4, -0.2) is 47.4 Å². The van der Waals surface area contributed by atoms with E-state index in [4.69, 9.17) is 14.2 Å². The Hall–Kier alpha value is -2.57. The van der Waals surface area contributed by atoms with E-state index < -0.39 is 35.4 Å². The summed E-state index contributed by atoms with van der Waals surface area (Å²) in [5.74, 6) is -0.750. The number of methoxy groups -OCH3 is 1. The Morgan fingerprint density at radius 2 is 1.41 bits per heavy atom. The fourth-order valence-electron chi connectivity index (χ4n) is 2.15. The number of hydrogen-bond donors (Lipinski definition) is 0. The molecule has 0 aromatic heterocycles. The van der Waals surface area contributed by atoms with E-state index in [9.17, 15) is 14.4 Å². The summed E-state index contributed by atoms with van der Waals surface area (Å²) in [6.07, 6.45) is -1.90. The third-order valence-electron chi connectivity index (χ3n) is 3.18. The monoisotopic (exact) mass is 378 g/mol. The highest BCUT2D eigenvalue weighted by atomic mass is 16.6. The van der Waals surface area contributed by atoms with Crippen molar-refractivity contribution >= 4 is 18.2 Å². The Morgan fingerprint density at radius 3 is 1.78 bits per heavy atom. The van der Waals surface area contributed by atoms with E-state index in [0.717, 1.165) is 5.56 Å². The molecule has 0 unspecified atom stereocenters. The number of amides is 2. The summed E-state index contributed by atoms with van der Waals surface area (Å²) in [7, 11) is 1.19. The molecule has 0 heterocycles. The van der Waals surface area contributed by atoms with Crippen molar-refractivity contribution in [2.75, 3.05) is 7.11 Å². The number of rotatable bonds is 4. The molecule has 0 spiro atoms. The molecule has 1 aromatic carbocycles. The topological polar surface area (TPSA) is 82.1 Å². The number of carbonyl (C=O) groups excluding carboxylic acids is 3. The smallest absolute Gasteiger partial charge is 0.420 e. The number of benzene rings is 1. The van der Waals surface area contributed by atoms with Crippen LogP contribution in [0.15, 0.2) is 24.3 Å². The first-order chi connectivity index (χ1) is 12.3. The Bertz CT molecular complexity index is 629. The van der Waals surface area contributed by atoms with Crippen LogP contribution in [0.5, 0.6) is 0 Å². The predicted molar refractivity (Wildman–Crippen MR) is 99.1 cm³/mol. The van der Waals surface area contributed by atoms with Gasteiger partial charge in [-0.15, -0.1) is 0 Å². The van der Waals surface area contributed by atoms with Gasteiger partial charge < -0.3 is 14.2 Å². The molecule has 0 fully saturated rings. The van der Waals surface area contributed by atoms with Crippen molar-refractivity contribution in [1.29, 1.82) is 0 Å². The first kappa shape index (κ1) is 22.5. The van der Waals surface area contributed by atoms with Gasteiger partial charge in [0.2, 0.25) is 0 Å². The molecule has 0 aliphatic carbocycles. The summed E-state index contributed by atoms with van der Waals surface area (Å²) in [4.78, 5) is 38.5. The van der Waals surface area contributed by atoms with Crippen LogP contribution in [0.25, 0.3) is 0 Å². The standard InChI is InChI=1S/C20H28NO6/c1-19(2,3)26-17(23)21(18(24)27-20(4,5)6)15(16(22)25-7)13-14-11-9-8-10-12-14/h9-12,15H,13H2,1-7H3/t15-/m0/s1. The lowest BCUT2D eigenvalue weighted by molar-refractivity contribution is -0.146. The largest absolute Gasteiger partial charge is 0.467 e. The Kier molecular flexibility index (Phi) is 7.39. The molecule has 1 rings (SSSR count). The minimum Gasteiger partial charge on any atom is -0.467 e. The van der Waals surface area contributed by atoms with E-state index in [-0.39, 0.29) is 6.42 Å². The molecular formula is C20H28NO6. The second kappa shape index (κ2) is 8.88. The normalized spacial score (nSPS) is 12.7. The lowest BCUT2D eigenvalue weighted by Gasteiger charge is -2.32. The summed E-state index contributed by atoms with van der Waals surface area (Å²) >= 11 is 0. The molecule has 1 aromatic rings. The molecule has 0 N–H and O–H groups in total. The molecule has 7 heteroatoms. The van der Waals surface area contributed by atoms with Gasteiger partial charge in [0, 0.05) is 6.42 Å². The highest BCUT2D eigenvalue weighted by Gasteiger charge is 2.40. The van der Waals surface area contributed by atoms with Crippen molar-refractivity contribution in [3.8, 4) is 0 Å². The maximum absolute atomic E-state index is 12.7. The second-order valence-electron chi connectivity index (χ2n) is 7.98. The minimum absolute atomic E-state index is 0.0554. The fourth-order valence-corrected chi connectivity index (χ4v) is 2.15. The van der Waals surface area contributed by atoms with Crippen molar-refractivity contribution < 1.29 is 28.6 Å².